The van der Waals surface area contributed by atoms with Gasteiger partial charge in [-0.05, 0) is 47.9 Å². The van der Waals surface area contributed by atoms with Crippen molar-refractivity contribution in [3.05, 3.63) is 70.3 Å². The van der Waals surface area contributed by atoms with E-state index in [9.17, 15) is 31.2 Å². The first-order valence-corrected chi connectivity index (χ1v) is 9.86. The zero-order valence-corrected chi connectivity index (χ0v) is 15.5. The number of rotatable bonds is 4. The topological polar surface area (TPSA) is 105 Å². The first kappa shape index (κ1) is 20.4. The fourth-order valence-corrected chi connectivity index (χ4v) is 3.10. The molecule has 0 fully saturated rings. The number of sulfonamides is 1. The molecule has 0 aliphatic rings. The molecule has 0 saturated heterocycles. The van der Waals surface area contributed by atoms with E-state index in [1.54, 1.807) is 0 Å². The number of alkyl halides is 3. The summed E-state index contributed by atoms with van der Waals surface area (Å²) < 4.78 is 68.4. The average molecular weight is 426 g/mol. The lowest BCUT2D eigenvalue weighted by Gasteiger charge is -2.09. The van der Waals surface area contributed by atoms with Gasteiger partial charge in [0.05, 0.1) is 22.9 Å². The third-order valence-corrected chi connectivity index (χ3v) is 4.34. The van der Waals surface area contributed by atoms with Gasteiger partial charge in [0.15, 0.2) is 5.76 Å². The van der Waals surface area contributed by atoms with E-state index < -0.39 is 39.1 Å². The van der Waals surface area contributed by atoms with Gasteiger partial charge in [-0.25, -0.2) is 13.2 Å². The molecule has 3 aromatic rings. The van der Waals surface area contributed by atoms with Gasteiger partial charge in [0.2, 0.25) is 10.0 Å². The normalized spacial score (nSPS) is 12.0. The Labute approximate surface area is 162 Å². The number of benzene rings is 2. The number of fused-ring (bicyclic) bond motifs is 1. The Balaban J connectivity index is 1.93. The van der Waals surface area contributed by atoms with Crippen molar-refractivity contribution >= 4 is 38.1 Å². The van der Waals surface area contributed by atoms with Gasteiger partial charge in [0, 0.05) is 5.69 Å². The van der Waals surface area contributed by atoms with Gasteiger partial charge in [-0.1, -0.05) is 6.07 Å². The van der Waals surface area contributed by atoms with E-state index in [1.807, 2.05) is 0 Å². The molecule has 11 heteroatoms. The molecule has 0 aliphatic carbocycles. The van der Waals surface area contributed by atoms with E-state index >= 15 is 0 Å². The zero-order chi connectivity index (χ0) is 21.4. The van der Waals surface area contributed by atoms with Crippen LogP contribution in [0.4, 0.5) is 24.5 Å². The summed E-state index contributed by atoms with van der Waals surface area (Å²) in [6, 6.07) is 9.19. The number of hydrogen-bond acceptors (Lipinski definition) is 5. The molecule has 0 unspecified atom stereocenters. The van der Waals surface area contributed by atoms with Gasteiger partial charge in [0.25, 0.3) is 5.91 Å². The molecule has 1 heterocycles. The largest absolute Gasteiger partial charge is 0.417 e. The molecule has 0 spiro atoms. The highest BCUT2D eigenvalue weighted by molar-refractivity contribution is 7.92. The summed E-state index contributed by atoms with van der Waals surface area (Å²) in [7, 11) is -3.54. The van der Waals surface area contributed by atoms with Crippen LogP contribution < -0.4 is 15.7 Å². The molecule has 0 aliphatic heterocycles. The molecule has 1 aromatic heterocycles. The molecular formula is C18H13F3N2O5S. The van der Waals surface area contributed by atoms with E-state index in [-0.39, 0.29) is 22.1 Å². The molecule has 1 amide bonds. The molecule has 0 atom stereocenters. The third kappa shape index (κ3) is 4.93. The second-order valence-corrected chi connectivity index (χ2v) is 7.86. The highest BCUT2D eigenvalue weighted by atomic mass is 32.2. The van der Waals surface area contributed by atoms with E-state index in [0.29, 0.717) is 0 Å². The predicted molar refractivity (Wildman–Crippen MR) is 100 cm³/mol. The lowest BCUT2D eigenvalue weighted by atomic mass is 10.1. The van der Waals surface area contributed by atoms with Crippen molar-refractivity contribution < 1.29 is 30.8 Å². The minimum Gasteiger partial charge on any atom is -0.417 e. The van der Waals surface area contributed by atoms with Crippen LogP contribution in [0.1, 0.15) is 16.1 Å². The Bertz CT molecular complexity index is 1270. The molecule has 0 radical (unpaired) electrons. The van der Waals surface area contributed by atoms with Gasteiger partial charge in [-0.15, -0.1) is 0 Å². The number of halogens is 3. The third-order valence-electron chi connectivity index (χ3n) is 3.74. The standard InChI is InChI=1S/C18H13F3N2O5S/c1-29(26,27)23-13-4-2-3-12(9-13)22-16(24)15-8-10-7-11(18(19,20)21)5-6-14(10)17(25)28-15/h2-9,23H,1H3,(H,22,24). The quantitative estimate of drug-likeness (QED) is 0.665. The van der Waals surface area contributed by atoms with Gasteiger partial charge in [-0.3, -0.25) is 9.52 Å². The second-order valence-electron chi connectivity index (χ2n) is 6.11. The summed E-state index contributed by atoms with van der Waals surface area (Å²) >= 11 is 0. The van der Waals surface area contributed by atoms with Gasteiger partial charge in [0.1, 0.15) is 0 Å². The Morgan fingerprint density at radius 1 is 1.03 bits per heavy atom. The number of carbonyl (C=O) groups excluding carboxylic acids is 1. The summed E-state index contributed by atoms with van der Waals surface area (Å²) in [5.74, 6) is -1.39. The molecule has 3 rings (SSSR count). The second kappa shape index (κ2) is 7.24. The van der Waals surface area contributed by atoms with Crippen molar-refractivity contribution in [2.45, 2.75) is 6.18 Å². The van der Waals surface area contributed by atoms with E-state index in [0.717, 1.165) is 30.5 Å². The summed E-state index contributed by atoms with van der Waals surface area (Å²) in [5, 5.41) is 2.19. The van der Waals surface area contributed by atoms with Crippen LogP contribution in [-0.2, 0) is 16.2 Å². The van der Waals surface area contributed by atoms with Crippen LogP contribution in [0, 0.1) is 0 Å². The minimum atomic E-state index is -4.61. The van der Waals surface area contributed by atoms with Gasteiger partial charge >= 0.3 is 11.8 Å². The van der Waals surface area contributed by atoms with Crippen LogP contribution in [0.15, 0.2) is 57.7 Å². The van der Waals surface area contributed by atoms with Crippen LogP contribution in [-0.4, -0.2) is 20.6 Å². The highest BCUT2D eigenvalue weighted by Gasteiger charge is 2.30. The van der Waals surface area contributed by atoms with Crippen LogP contribution in [0.3, 0.4) is 0 Å². The first-order valence-electron chi connectivity index (χ1n) is 7.97. The molecule has 2 N–H and O–H groups in total. The number of hydrogen-bond donors (Lipinski definition) is 2. The molecule has 0 bridgehead atoms. The van der Waals surface area contributed by atoms with Crippen molar-refractivity contribution in [3.8, 4) is 0 Å². The Morgan fingerprint density at radius 2 is 1.72 bits per heavy atom. The van der Waals surface area contributed by atoms with Crippen molar-refractivity contribution in [3.63, 3.8) is 0 Å². The van der Waals surface area contributed by atoms with Crippen molar-refractivity contribution in [1.82, 2.24) is 0 Å². The summed E-state index contributed by atoms with van der Waals surface area (Å²) in [6.07, 6.45) is -3.66. The van der Waals surface area contributed by atoms with Gasteiger partial charge in [-0.2, -0.15) is 13.2 Å². The SMILES string of the molecule is CS(=O)(=O)Nc1cccc(NC(=O)c2cc3cc(C(F)(F)F)ccc3c(=O)o2)c1. The van der Waals surface area contributed by atoms with Crippen molar-refractivity contribution in [2.75, 3.05) is 16.3 Å². The number of nitrogens with one attached hydrogen (secondary N) is 2. The number of anilines is 2. The zero-order valence-electron chi connectivity index (χ0n) is 14.7. The van der Waals surface area contributed by atoms with Crippen LogP contribution in [0.2, 0.25) is 0 Å². The maximum absolute atomic E-state index is 12.9. The molecule has 0 saturated carbocycles. The van der Waals surface area contributed by atoms with Gasteiger partial charge < -0.3 is 9.73 Å². The van der Waals surface area contributed by atoms with Crippen LogP contribution >= 0.6 is 0 Å². The van der Waals surface area contributed by atoms with Crippen molar-refractivity contribution in [1.29, 1.82) is 0 Å². The molecule has 29 heavy (non-hydrogen) atoms. The monoisotopic (exact) mass is 426 g/mol. The van der Waals surface area contributed by atoms with E-state index in [1.165, 1.54) is 24.3 Å². The number of carbonyl (C=O) groups is 1. The van der Waals surface area contributed by atoms with E-state index in [2.05, 4.69) is 10.0 Å². The summed E-state index contributed by atoms with van der Waals surface area (Å²) in [4.78, 5) is 24.4. The van der Waals surface area contributed by atoms with Crippen LogP contribution in [0.5, 0.6) is 0 Å². The Kier molecular flexibility index (Phi) is 5.09. The molecular weight excluding hydrogens is 413 g/mol. The number of amides is 1. The molecule has 2 aromatic carbocycles. The van der Waals surface area contributed by atoms with Crippen molar-refractivity contribution in [2.24, 2.45) is 0 Å². The summed E-state index contributed by atoms with van der Waals surface area (Å²) in [5.41, 5.74) is -1.58. The lowest BCUT2D eigenvalue weighted by molar-refractivity contribution is -0.137. The first-order chi connectivity index (χ1) is 13.4. The maximum Gasteiger partial charge on any atom is 0.416 e. The smallest absolute Gasteiger partial charge is 0.416 e. The molecule has 7 nitrogen and oxygen atoms in total. The van der Waals surface area contributed by atoms with E-state index in [4.69, 9.17) is 4.42 Å². The maximum atomic E-state index is 12.9. The van der Waals surface area contributed by atoms with Crippen LogP contribution in [0.25, 0.3) is 10.8 Å². The Morgan fingerprint density at radius 3 is 2.38 bits per heavy atom. The fraction of sp³-hybridized carbons (Fsp3) is 0.111. The predicted octanol–water partition coefficient (Wildman–Crippen LogP) is 3.44. The lowest BCUT2D eigenvalue weighted by Crippen LogP contribution is -2.16. The Hall–Kier alpha value is -3.34. The fourth-order valence-electron chi connectivity index (χ4n) is 2.55. The average Bonchev–Trinajstić information content (AvgIpc) is 2.59. The molecule has 152 valence electrons. The summed E-state index contributed by atoms with van der Waals surface area (Å²) in [6.45, 7) is 0. The minimum absolute atomic E-state index is 0.103. The highest BCUT2D eigenvalue weighted by Crippen LogP contribution is 2.31.